The van der Waals surface area contributed by atoms with Crippen LogP contribution >= 0.6 is 0 Å². The molecule has 0 spiro atoms. The topological polar surface area (TPSA) is 89.5 Å². The number of rotatable bonds is 6. The fourth-order valence-electron chi connectivity index (χ4n) is 2.71. The van der Waals surface area contributed by atoms with Crippen molar-refractivity contribution in [3.63, 3.8) is 0 Å². The van der Waals surface area contributed by atoms with Gasteiger partial charge in [0.05, 0.1) is 13.1 Å². The third-order valence-electron chi connectivity index (χ3n) is 4.06. The number of ether oxygens (including phenoxy) is 3. The van der Waals surface area contributed by atoms with E-state index in [1.54, 1.807) is 41.5 Å². The summed E-state index contributed by atoms with van der Waals surface area (Å²) in [4.78, 5) is 31.4. The first-order valence-electron chi connectivity index (χ1n) is 11.2. The number of carbonyl (C=O) groups excluding carboxylic acids is 2. The Balaban J connectivity index is 2.29. The number of carbonyl (C=O) groups is 2. The number of alkyl carbamates (subject to hydrolysis) is 1. The van der Waals surface area contributed by atoms with Gasteiger partial charge >= 0.3 is 12.2 Å². The monoisotopic (exact) mass is 469 g/mol. The van der Waals surface area contributed by atoms with Gasteiger partial charge in [0.15, 0.2) is 0 Å². The number of guanidine groups is 1. The highest BCUT2D eigenvalue weighted by molar-refractivity contribution is 6.01. The second kappa shape index (κ2) is 12.1. The largest absolute Gasteiger partial charge is 0.492 e. The first-order chi connectivity index (χ1) is 15.9. The van der Waals surface area contributed by atoms with Crippen molar-refractivity contribution in [2.24, 2.45) is 4.99 Å². The second-order valence-electron chi connectivity index (χ2n) is 9.55. The van der Waals surface area contributed by atoms with Crippen LogP contribution in [0.1, 0.15) is 47.1 Å². The highest BCUT2D eigenvalue weighted by Crippen LogP contribution is 2.13. The van der Waals surface area contributed by atoms with Gasteiger partial charge in [0, 0.05) is 0 Å². The summed E-state index contributed by atoms with van der Waals surface area (Å²) in [5.74, 6) is 0.679. The molecule has 2 amide bonds. The fourth-order valence-corrected chi connectivity index (χ4v) is 2.71. The molecule has 0 saturated carbocycles. The van der Waals surface area contributed by atoms with Crippen molar-refractivity contribution in [3.8, 4) is 5.75 Å². The van der Waals surface area contributed by atoms with Gasteiger partial charge in [-0.25, -0.2) is 19.5 Å². The van der Waals surface area contributed by atoms with Gasteiger partial charge in [-0.3, -0.25) is 5.32 Å². The van der Waals surface area contributed by atoms with Gasteiger partial charge in [0.25, 0.3) is 0 Å². The van der Waals surface area contributed by atoms with E-state index in [1.807, 2.05) is 60.7 Å². The Hall–Kier alpha value is -3.55. The zero-order valence-corrected chi connectivity index (χ0v) is 20.8. The number of hydrogen-bond donors (Lipinski definition) is 1. The predicted octanol–water partition coefficient (Wildman–Crippen LogP) is 5.38. The summed E-state index contributed by atoms with van der Waals surface area (Å²) < 4.78 is 16.7. The normalized spacial score (nSPS) is 12.0. The minimum absolute atomic E-state index is 0.0176. The molecule has 2 rings (SSSR count). The average Bonchev–Trinajstić information content (AvgIpc) is 2.73. The molecule has 0 fully saturated rings. The van der Waals surface area contributed by atoms with E-state index in [0.29, 0.717) is 5.75 Å². The van der Waals surface area contributed by atoms with E-state index < -0.39 is 23.4 Å². The van der Waals surface area contributed by atoms with Gasteiger partial charge in [0.1, 0.15) is 23.6 Å². The van der Waals surface area contributed by atoms with Crippen LogP contribution in [0.25, 0.3) is 0 Å². The van der Waals surface area contributed by atoms with Crippen LogP contribution in [-0.2, 0) is 16.0 Å². The molecule has 0 atom stereocenters. The zero-order chi connectivity index (χ0) is 25.2. The molecular weight excluding hydrogens is 434 g/mol. The number of benzene rings is 2. The summed E-state index contributed by atoms with van der Waals surface area (Å²) in [5, 5.41) is 2.62. The van der Waals surface area contributed by atoms with Crippen LogP contribution in [0.3, 0.4) is 0 Å². The van der Waals surface area contributed by atoms with E-state index in [9.17, 15) is 9.59 Å². The Morgan fingerprint density at radius 2 is 1.41 bits per heavy atom. The molecule has 0 unspecified atom stereocenters. The maximum atomic E-state index is 13.1. The summed E-state index contributed by atoms with van der Waals surface area (Å²) in [6.07, 6.45) is -1.39. The minimum Gasteiger partial charge on any atom is -0.492 e. The molecule has 34 heavy (non-hydrogen) atoms. The average molecular weight is 470 g/mol. The van der Waals surface area contributed by atoms with Gasteiger partial charge in [-0.1, -0.05) is 48.5 Å². The van der Waals surface area contributed by atoms with Crippen LogP contribution in [0.15, 0.2) is 65.7 Å². The van der Waals surface area contributed by atoms with Crippen molar-refractivity contribution in [1.82, 2.24) is 10.2 Å². The lowest BCUT2D eigenvalue weighted by molar-refractivity contribution is 0.0341. The molecule has 0 bridgehead atoms. The Bertz CT molecular complexity index is 948. The highest BCUT2D eigenvalue weighted by atomic mass is 16.6. The smallest absolute Gasteiger partial charge is 0.417 e. The van der Waals surface area contributed by atoms with E-state index >= 15 is 0 Å². The molecule has 0 aliphatic carbocycles. The second-order valence-corrected chi connectivity index (χ2v) is 9.55. The number of para-hydroxylation sites is 1. The molecule has 0 aliphatic heterocycles. The fraction of sp³-hybridized carbons (Fsp3) is 0.423. The number of aliphatic imine (C=N–C) groups is 1. The third-order valence-corrected chi connectivity index (χ3v) is 4.06. The van der Waals surface area contributed by atoms with Gasteiger partial charge in [-0.2, -0.15) is 0 Å². The molecule has 0 aromatic heterocycles. The van der Waals surface area contributed by atoms with Crippen LogP contribution < -0.4 is 10.1 Å². The molecule has 0 aliphatic rings. The summed E-state index contributed by atoms with van der Waals surface area (Å²) in [7, 11) is 0. The molecule has 0 heterocycles. The van der Waals surface area contributed by atoms with E-state index in [1.165, 1.54) is 4.90 Å². The lowest BCUT2D eigenvalue weighted by Gasteiger charge is -2.29. The lowest BCUT2D eigenvalue weighted by Crippen LogP contribution is -2.51. The predicted molar refractivity (Wildman–Crippen MR) is 132 cm³/mol. The SMILES string of the molecule is CC(C)(C)OC(=O)NC(=NCc1ccccc1)N(CCOc1ccccc1)C(=O)OC(C)(C)C. The van der Waals surface area contributed by atoms with Gasteiger partial charge in [-0.05, 0) is 59.2 Å². The van der Waals surface area contributed by atoms with E-state index in [0.717, 1.165) is 5.56 Å². The van der Waals surface area contributed by atoms with Crippen LogP contribution in [0.2, 0.25) is 0 Å². The molecule has 1 N–H and O–H groups in total. The number of hydrogen-bond acceptors (Lipinski definition) is 6. The van der Waals surface area contributed by atoms with Crippen LogP contribution in [-0.4, -0.2) is 47.4 Å². The first kappa shape index (κ1) is 26.7. The first-order valence-corrected chi connectivity index (χ1v) is 11.2. The molecule has 8 nitrogen and oxygen atoms in total. The lowest BCUT2D eigenvalue weighted by atomic mass is 10.2. The van der Waals surface area contributed by atoms with Crippen molar-refractivity contribution in [2.45, 2.75) is 59.3 Å². The minimum atomic E-state index is -0.744. The van der Waals surface area contributed by atoms with Crippen molar-refractivity contribution in [1.29, 1.82) is 0 Å². The van der Waals surface area contributed by atoms with Crippen molar-refractivity contribution < 1.29 is 23.8 Å². The summed E-state index contributed by atoms with van der Waals surface area (Å²) in [6.45, 7) is 11.1. The van der Waals surface area contributed by atoms with Gasteiger partial charge < -0.3 is 14.2 Å². The van der Waals surface area contributed by atoms with Crippen molar-refractivity contribution in [2.75, 3.05) is 13.2 Å². The summed E-state index contributed by atoms with van der Waals surface area (Å²) >= 11 is 0. The molecule has 2 aromatic carbocycles. The maximum absolute atomic E-state index is 13.1. The maximum Gasteiger partial charge on any atom is 0.417 e. The molecule has 184 valence electrons. The number of nitrogens with one attached hydrogen (secondary N) is 1. The van der Waals surface area contributed by atoms with Crippen molar-refractivity contribution in [3.05, 3.63) is 66.2 Å². The Kier molecular flexibility index (Phi) is 9.47. The molecular formula is C26H35N3O5. The van der Waals surface area contributed by atoms with E-state index in [-0.39, 0.29) is 25.7 Å². The molecule has 0 radical (unpaired) electrons. The summed E-state index contributed by atoms with van der Waals surface area (Å²) in [5.41, 5.74) is -0.552. The quantitative estimate of drug-likeness (QED) is 0.453. The van der Waals surface area contributed by atoms with Crippen LogP contribution in [0.4, 0.5) is 9.59 Å². The number of amides is 2. The Morgan fingerprint density at radius 1 is 0.853 bits per heavy atom. The summed E-state index contributed by atoms with van der Waals surface area (Å²) in [6, 6.07) is 18.8. The Labute approximate surface area is 201 Å². The van der Waals surface area contributed by atoms with Crippen LogP contribution in [0, 0.1) is 0 Å². The zero-order valence-electron chi connectivity index (χ0n) is 20.8. The Morgan fingerprint density at radius 3 is 1.97 bits per heavy atom. The van der Waals surface area contributed by atoms with E-state index in [2.05, 4.69) is 10.3 Å². The van der Waals surface area contributed by atoms with E-state index in [4.69, 9.17) is 14.2 Å². The molecule has 2 aromatic rings. The van der Waals surface area contributed by atoms with Crippen molar-refractivity contribution >= 4 is 18.1 Å². The van der Waals surface area contributed by atoms with Gasteiger partial charge in [0.2, 0.25) is 5.96 Å². The third kappa shape index (κ3) is 10.4. The highest BCUT2D eigenvalue weighted by Gasteiger charge is 2.28. The van der Waals surface area contributed by atoms with Gasteiger partial charge in [-0.15, -0.1) is 0 Å². The molecule has 8 heteroatoms. The standard InChI is InChI=1S/C26H35N3O5/c1-25(2,3)33-23(30)28-22(27-19-20-13-9-7-10-14-20)29(24(31)34-26(4,5)6)17-18-32-21-15-11-8-12-16-21/h7-16H,17-19H2,1-6H3,(H,27,28,30). The van der Waals surface area contributed by atoms with Crippen LogP contribution in [0.5, 0.6) is 5.75 Å². The molecule has 0 saturated heterocycles. The number of nitrogens with zero attached hydrogens (tertiary/aromatic N) is 2.